The van der Waals surface area contributed by atoms with Crippen LogP contribution in [-0.2, 0) is 15.9 Å². The largest absolute Gasteiger partial charge is 0.525 e. The summed E-state index contributed by atoms with van der Waals surface area (Å²) in [5.41, 5.74) is -0.510. The number of nitriles is 1. The molecule has 3 heterocycles. The van der Waals surface area contributed by atoms with Crippen LogP contribution >= 0.6 is 11.3 Å². The summed E-state index contributed by atoms with van der Waals surface area (Å²) in [5.74, 6) is 0. The van der Waals surface area contributed by atoms with Gasteiger partial charge in [-0.15, -0.1) is 11.3 Å². The summed E-state index contributed by atoms with van der Waals surface area (Å²) in [5, 5.41) is 15.2. The zero-order valence-electron chi connectivity index (χ0n) is 14.6. The van der Waals surface area contributed by atoms with Gasteiger partial charge in [-0.05, 0) is 45.2 Å². The fraction of sp³-hybridized carbons (Fsp3) is 0.412. The van der Waals surface area contributed by atoms with Gasteiger partial charge in [0.1, 0.15) is 18.0 Å². The van der Waals surface area contributed by atoms with Gasteiger partial charge in [0, 0.05) is 11.8 Å². The average Bonchev–Trinajstić information content (AvgIpc) is 3.19. The Labute approximate surface area is 150 Å². The molecular weight excluding hydrogens is 340 g/mol. The summed E-state index contributed by atoms with van der Waals surface area (Å²) < 4.78 is 27.8. The molecule has 1 saturated heterocycles. The molecule has 8 heteroatoms. The van der Waals surface area contributed by atoms with E-state index in [-0.39, 0.29) is 6.54 Å². The number of halogens is 1. The molecular formula is C17H19BFN3O2S. The summed E-state index contributed by atoms with van der Waals surface area (Å²) in [6, 6.07) is 5.85. The Morgan fingerprint density at radius 1 is 1.40 bits per heavy atom. The number of hydrogen-bond donors (Lipinski definition) is 0. The van der Waals surface area contributed by atoms with Gasteiger partial charge in [0.25, 0.3) is 0 Å². The first-order chi connectivity index (χ1) is 11.7. The van der Waals surface area contributed by atoms with Crippen LogP contribution in [0, 0.1) is 11.3 Å². The molecule has 0 N–H and O–H groups in total. The predicted octanol–water partition coefficient (Wildman–Crippen LogP) is 4.08. The first-order valence-electron chi connectivity index (χ1n) is 7.94. The van der Waals surface area contributed by atoms with Crippen LogP contribution in [0.25, 0.3) is 16.6 Å². The lowest BCUT2D eigenvalue weighted by Gasteiger charge is -2.32. The third-order valence-corrected chi connectivity index (χ3v) is 5.43. The minimum Gasteiger partial charge on any atom is -0.398 e. The maximum absolute atomic E-state index is 14.8. The minimum absolute atomic E-state index is 0.102. The molecule has 2 aromatic rings. The van der Waals surface area contributed by atoms with Crippen LogP contribution in [0.1, 0.15) is 33.3 Å². The Bertz CT molecular complexity index is 821. The molecule has 0 unspecified atom stereocenters. The molecule has 5 nitrogen and oxygen atoms in total. The molecule has 0 saturated carbocycles. The highest BCUT2D eigenvalue weighted by Crippen LogP contribution is 2.39. The summed E-state index contributed by atoms with van der Waals surface area (Å²) >= 11 is 1.51. The second kappa shape index (κ2) is 6.41. The van der Waals surface area contributed by atoms with Crippen molar-refractivity contribution in [2.45, 2.75) is 45.4 Å². The summed E-state index contributed by atoms with van der Waals surface area (Å²) in [7, 11) is -1.06. The lowest BCUT2D eigenvalue weighted by molar-refractivity contribution is 0.00578. The lowest BCUT2D eigenvalue weighted by atomic mass is 9.87. The van der Waals surface area contributed by atoms with E-state index < -0.39 is 24.0 Å². The van der Waals surface area contributed by atoms with Gasteiger partial charge in [-0.25, -0.2) is 4.39 Å². The van der Waals surface area contributed by atoms with Crippen molar-refractivity contribution >= 4 is 24.5 Å². The number of hydrogen-bond acceptors (Lipinski definition) is 5. The van der Waals surface area contributed by atoms with E-state index in [1.54, 1.807) is 6.20 Å². The highest BCUT2D eigenvalue weighted by molar-refractivity contribution is 7.13. The van der Waals surface area contributed by atoms with E-state index in [1.165, 1.54) is 22.1 Å². The molecule has 130 valence electrons. The Kier molecular flexibility index (Phi) is 4.58. The monoisotopic (exact) mass is 359 g/mol. The van der Waals surface area contributed by atoms with E-state index in [9.17, 15) is 4.39 Å². The topological polar surface area (TPSA) is 60.1 Å². The van der Waals surface area contributed by atoms with Crippen LogP contribution < -0.4 is 0 Å². The fourth-order valence-corrected chi connectivity index (χ4v) is 3.20. The third kappa shape index (κ3) is 3.40. The van der Waals surface area contributed by atoms with E-state index in [2.05, 4.69) is 5.10 Å². The SMILES string of the molecule is CC1(C)OB(C(F)=Cc2cn(CC#N)nc2-c2cccs2)OC1(C)C. The quantitative estimate of drug-likeness (QED) is 0.772. The smallest absolute Gasteiger partial charge is 0.398 e. The molecule has 0 bridgehead atoms. The van der Waals surface area contributed by atoms with Crippen LogP contribution in [-0.4, -0.2) is 28.1 Å². The summed E-state index contributed by atoms with van der Waals surface area (Å²) in [6.45, 7) is 7.61. The first-order valence-corrected chi connectivity index (χ1v) is 8.82. The van der Waals surface area contributed by atoms with Crippen molar-refractivity contribution in [1.29, 1.82) is 5.26 Å². The fourth-order valence-electron chi connectivity index (χ4n) is 2.47. The molecule has 0 aromatic carbocycles. The van der Waals surface area contributed by atoms with E-state index in [0.29, 0.717) is 11.3 Å². The van der Waals surface area contributed by atoms with Crippen molar-refractivity contribution in [3.63, 3.8) is 0 Å². The van der Waals surface area contributed by atoms with Crippen LogP contribution in [0.2, 0.25) is 0 Å². The number of nitrogens with zero attached hydrogens (tertiary/aromatic N) is 3. The number of rotatable bonds is 4. The van der Waals surface area contributed by atoms with Crippen LogP contribution in [0.15, 0.2) is 29.4 Å². The molecule has 0 amide bonds. The van der Waals surface area contributed by atoms with E-state index in [1.807, 2.05) is 51.3 Å². The molecule has 25 heavy (non-hydrogen) atoms. The molecule has 1 fully saturated rings. The number of thiophene rings is 1. The van der Waals surface area contributed by atoms with Crippen LogP contribution in [0.3, 0.4) is 0 Å². The van der Waals surface area contributed by atoms with Gasteiger partial charge in [0.2, 0.25) is 0 Å². The summed E-state index contributed by atoms with van der Waals surface area (Å²) in [4.78, 5) is 0.907. The van der Waals surface area contributed by atoms with Crippen molar-refractivity contribution in [3.8, 4) is 16.6 Å². The van der Waals surface area contributed by atoms with Gasteiger partial charge >= 0.3 is 7.12 Å². The maximum Gasteiger partial charge on any atom is 0.525 e. The van der Waals surface area contributed by atoms with Gasteiger partial charge in [0.05, 0.1) is 22.1 Å². The molecule has 1 aliphatic rings. The van der Waals surface area contributed by atoms with Crippen molar-refractivity contribution in [2.24, 2.45) is 0 Å². The van der Waals surface area contributed by atoms with Gasteiger partial charge in [0.15, 0.2) is 0 Å². The molecule has 0 aliphatic carbocycles. The standard InChI is InChI=1S/C17H19BFN3O2S/c1-16(2)17(3,4)24-18(23-16)14(19)10-12-11-22(8-7-20)21-15(12)13-6-5-9-25-13/h5-6,9-11H,8H2,1-4H3. The van der Waals surface area contributed by atoms with Crippen molar-refractivity contribution < 1.29 is 13.7 Å². The van der Waals surface area contributed by atoms with Gasteiger partial charge in [-0.3, -0.25) is 4.68 Å². The van der Waals surface area contributed by atoms with E-state index in [4.69, 9.17) is 14.6 Å². The van der Waals surface area contributed by atoms with E-state index >= 15 is 0 Å². The van der Waals surface area contributed by atoms with Gasteiger partial charge in [-0.1, -0.05) is 6.07 Å². The van der Waals surface area contributed by atoms with Crippen LogP contribution in [0.4, 0.5) is 4.39 Å². The average molecular weight is 359 g/mol. The Morgan fingerprint density at radius 2 is 2.08 bits per heavy atom. The highest BCUT2D eigenvalue weighted by Gasteiger charge is 2.53. The van der Waals surface area contributed by atoms with Gasteiger partial charge < -0.3 is 9.31 Å². The van der Waals surface area contributed by atoms with Crippen molar-refractivity contribution in [2.75, 3.05) is 0 Å². The molecule has 0 spiro atoms. The van der Waals surface area contributed by atoms with Crippen LogP contribution in [0.5, 0.6) is 0 Å². The minimum atomic E-state index is -1.06. The molecule has 3 rings (SSSR count). The summed E-state index contributed by atoms with van der Waals surface area (Å²) in [6.07, 6.45) is 3.03. The molecule has 1 aliphatic heterocycles. The highest BCUT2D eigenvalue weighted by atomic mass is 32.1. The van der Waals surface area contributed by atoms with Crippen molar-refractivity contribution in [1.82, 2.24) is 9.78 Å². The number of aromatic nitrogens is 2. The third-order valence-electron chi connectivity index (χ3n) is 4.55. The Morgan fingerprint density at radius 3 is 2.64 bits per heavy atom. The lowest BCUT2D eigenvalue weighted by Crippen LogP contribution is -2.41. The second-order valence-electron chi connectivity index (χ2n) is 6.88. The zero-order valence-corrected chi connectivity index (χ0v) is 15.4. The zero-order chi connectivity index (χ0) is 18.2. The second-order valence-corrected chi connectivity index (χ2v) is 7.83. The van der Waals surface area contributed by atoms with Gasteiger partial charge in [-0.2, -0.15) is 10.4 Å². The predicted molar refractivity (Wildman–Crippen MR) is 96.3 cm³/mol. The normalized spacial score (nSPS) is 19.2. The molecule has 2 aromatic heterocycles. The first kappa shape index (κ1) is 17.9. The Hall–Kier alpha value is -1.95. The Balaban J connectivity index is 1.94. The molecule has 0 radical (unpaired) electrons. The van der Waals surface area contributed by atoms with E-state index in [0.717, 1.165) is 4.88 Å². The maximum atomic E-state index is 14.8. The van der Waals surface area contributed by atoms with Crippen molar-refractivity contribution in [3.05, 3.63) is 35.0 Å². The molecule has 0 atom stereocenters.